The van der Waals surface area contributed by atoms with Gasteiger partial charge >= 0.3 is 0 Å². The highest BCUT2D eigenvalue weighted by molar-refractivity contribution is 7.00. The van der Waals surface area contributed by atoms with E-state index in [2.05, 4.69) is 32.8 Å². The fraction of sp³-hybridized carbons (Fsp3) is 0.538. The van der Waals surface area contributed by atoms with Gasteiger partial charge in [0.25, 0.3) is 0 Å². The van der Waals surface area contributed by atoms with Crippen molar-refractivity contribution < 1.29 is 0 Å². The average Bonchev–Trinajstić information content (AvgIpc) is 2.88. The van der Waals surface area contributed by atoms with E-state index in [1.165, 1.54) is 11.7 Å². The first-order valence-corrected chi connectivity index (χ1v) is 8.16. The number of aromatic nitrogens is 2. The molecule has 0 radical (unpaired) electrons. The van der Waals surface area contributed by atoms with Crippen molar-refractivity contribution in [3.8, 4) is 0 Å². The zero-order chi connectivity index (χ0) is 14.3. The summed E-state index contributed by atoms with van der Waals surface area (Å²) in [6.45, 7) is 7.27. The van der Waals surface area contributed by atoms with Gasteiger partial charge in [-0.2, -0.15) is 8.75 Å². The molecule has 0 bridgehead atoms. The Hall–Kier alpha value is -0.620. The summed E-state index contributed by atoms with van der Waals surface area (Å²) in [6.07, 6.45) is 0. The fourth-order valence-corrected chi connectivity index (χ4v) is 3.95. The first-order valence-electron chi connectivity index (χ1n) is 6.67. The summed E-state index contributed by atoms with van der Waals surface area (Å²) in [6, 6.07) is 2.18. The van der Waals surface area contributed by atoms with Crippen LogP contribution in [0.3, 0.4) is 0 Å². The van der Waals surface area contributed by atoms with Crippen molar-refractivity contribution in [2.24, 2.45) is 5.92 Å². The molecule has 0 spiro atoms. The predicted octanol–water partition coefficient (Wildman–Crippen LogP) is 3.43. The molecule has 3 rings (SSSR count). The molecule has 0 aliphatic carbocycles. The highest BCUT2D eigenvalue weighted by atomic mass is 35.5. The number of anilines is 1. The Morgan fingerprint density at radius 3 is 2.80 bits per heavy atom. The summed E-state index contributed by atoms with van der Waals surface area (Å²) in [5.41, 5.74) is 2.54. The quantitative estimate of drug-likeness (QED) is 0.915. The Labute approximate surface area is 132 Å². The number of hydrogen-bond donors (Lipinski definition) is 1. The Morgan fingerprint density at radius 2 is 2.05 bits per heavy atom. The summed E-state index contributed by atoms with van der Waals surface area (Å²) in [7, 11) is 0. The van der Waals surface area contributed by atoms with E-state index in [4.69, 9.17) is 23.2 Å². The number of fused-ring (bicyclic) bond motifs is 1. The molecule has 4 nitrogen and oxygen atoms in total. The van der Waals surface area contributed by atoms with E-state index in [0.29, 0.717) is 22.0 Å². The average molecular weight is 331 g/mol. The van der Waals surface area contributed by atoms with Crippen molar-refractivity contribution in [1.82, 2.24) is 14.1 Å². The third-order valence-corrected chi connectivity index (χ3v) is 4.86. The predicted molar refractivity (Wildman–Crippen MR) is 86.3 cm³/mol. The summed E-state index contributed by atoms with van der Waals surface area (Å²) in [5.74, 6) is 0.524. The maximum atomic E-state index is 6.46. The molecular weight excluding hydrogens is 315 g/mol. The Kier molecular flexibility index (Phi) is 4.04. The Bertz CT molecular complexity index is 628. The lowest BCUT2D eigenvalue weighted by Gasteiger charge is -2.40. The van der Waals surface area contributed by atoms with Crippen molar-refractivity contribution in [1.29, 1.82) is 0 Å². The maximum absolute atomic E-state index is 6.46. The van der Waals surface area contributed by atoms with Crippen LogP contribution in [-0.2, 0) is 0 Å². The summed E-state index contributed by atoms with van der Waals surface area (Å²) in [5, 5.41) is 4.67. The van der Waals surface area contributed by atoms with Crippen LogP contribution in [0.25, 0.3) is 11.0 Å². The van der Waals surface area contributed by atoms with Gasteiger partial charge in [0, 0.05) is 25.7 Å². The monoisotopic (exact) mass is 330 g/mol. The highest BCUT2D eigenvalue weighted by Crippen LogP contribution is 2.39. The maximum Gasteiger partial charge on any atom is 0.131 e. The van der Waals surface area contributed by atoms with Gasteiger partial charge in [0.2, 0.25) is 0 Å². The van der Waals surface area contributed by atoms with E-state index in [9.17, 15) is 0 Å². The molecule has 2 heterocycles. The van der Waals surface area contributed by atoms with Crippen LogP contribution in [0.15, 0.2) is 6.07 Å². The smallest absolute Gasteiger partial charge is 0.131 e. The molecule has 108 valence electrons. The lowest BCUT2D eigenvalue weighted by Crippen LogP contribution is -2.54. The van der Waals surface area contributed by atoms with Gasteiger partial charge in [-0.15, -0.1) is 0 Å². The van der Waals surface area contributed by atoms with Gasteiger partial charge in [0.05, 0.1) is 27.5 Å². The van der Waals surface area contributed by atoms with Crippen LogP contribution in [0.1, 0.15) is 13.8 Å². The van der Waals surface area contributed by atoms with Crippen LogP contribution in [0.5, 0.6) is 0 Å². The molecule has 2 aromatic rings. The molecule has 1 atom stereocenters. The number of rotatable bonds is 2. The van der Waals surface area contributed by atoms with Gasteiger partial charge in [-0.1, -0.05) is 37.0 Å². The Morgan fingerprint density at radius 1 is 1.30 bits per heavy atom. The van der Waals surface area contributed by atoms with E-state index >= 15 is 0 Å². The van der Waals surface area contributed by atoms with E-state index in [1.54, 1.807) is 6.07 Å². The largest absolute Gasteiger partial charge is 0.363 e. The van der Waals surface area contributed by atoms with Crippen molar-refractivity contribution >= 4 is 51.7 Å². The molecule has 1 unspecified atom stereocenters. The molecule has 1 aromatic carbocycles. The van der Waals surface area contributed by atoms with Crippen molar-refractivity contribution in [3.05, 3.63) is 16.1 Å². The SMILES string of the molecule is CC(C)C1CNCCN1c1c(Cl)cc(Cl)c2nsnc12. The van der Waals surface area contributed by atoms with E-state index in [-0.39, 0.29) is 0 Å². The van der Waals surface area contributed by atoms with Crippen molar-refractivity contribution in [2.45, 2.75) is 19.9 Å². The summed E-state index contributed by atoms with van der Waals surface area (Å²) >= 11 is 13.8. The second-order valence-corrected chi connectivity index (χ2v) is 6.70. The molecular formula is C13H16Cl2N4S. The normalized spacial score (nSPS) is 20.1. The third kappa shape index (κ3) is 2.37. The molecule has 1 aromatic heterocycles. The Balaban J connectivity index is 2.15. The van der Waals surface area contributed by atoms with E-state index in [0.717, 1.165) is 36.4 Å². The molecule has 0 saturated carbocycles. The fourth-order valence-electron chi connectivity index (χ4n) is 2.73. The molecule has 1 saturated heterocycles. The topological polar surface area (TPSA) is 41.0 Å². The van der Waals surface area contributed by atoms with Crippen LogP contribution in [0.2, 0.25) is 10.0 Å². The highest BCUT2D eigenvalue weighted by Gasteiger charge is 2.29. The van der Waals surface area contributed by atoms with Crippen LogP contribution < -0.4 is 10.2 Å². The van der Waals surface area contributed by atoms with Crippen LogP contribution in [0, 0.1) is 5.92 Å². The minimum absolute atomic E-state index is 0.396. The van der Waals surface area contributed by atoms with E-state index in [1.807, 2.05) is 0 Å². The zero-order valence-corrected chi connectivity index (χ0v) is 13.7. The molecule has 0 amide bonds. The van der Waals surface area contributed by atoms with Gasteiger partial charge < -0.3 is 10.2 Å². The van der Waals surface area contributed by atoms with Crippen LogP contribution in [0.4, 0.5) is 5.69 Å². The molecule has 1 N–H and O–H groups in total. The minimum atomic E-state index is 0.396. The number of nitrogens with one attached hydrogen (secondary N) is 1. The lowest BCUT2D eigenvalue weighted by atomic mass is 9.99. The summed E-state index contributed by atoms with van der Waals surface area (Å²) < 4.78 is 8.69. The lowest BCUT2D eigenvalue weighted by molar-refractivity contribution is 0.391. The number of halogens is 2. The number of piperazine rings is 1. The van der Waals surface area contributed by atoms with Gasteiger partial charge in [0.1, 0.15) is 11.0 Å². The molecule has 20 heavy (non-hydrogen) atoms. The van der Waals surface area contributed by atoms with Crippen molar-refractivity contribution in [2.75, 3.05) is 24.5 Å². The molecule has 1 aliphatic heterocycles. The first-order chi connectivity index (χ1) is 9.59. The second-order valence-electron chi connectivity index (χ2n) is 5.36. The van der Waals surface area contributed by atoms with Gasteiger partial charge in [-0.05, 0) is 12.0 Å². The van der Waals surface area contributed by atoms with E-state index < -0.39 is 0 Å². The van der Waals surface area contributed by atoms with Crippen LogP contribution >= 0.6 is 34.9 Å². The minimum Gasteiger partial charge on any atom is -0.363 e. The van der Waals surface area contributed by atoms with Crippen LogP contribution in [-0.4, -0.2) is 34.4 Å². The summed E-state index contributed by atoms with van der Waals surface area (Å²) in [4.78, 5) is 2.35. The zero-order valence-electron chi connectivity index (χ0n) is 11.4. The second kappa shape index (κ2) is 5.64. The molecule has 1 fully saturated rings. The first kappa shape index (κ1) is 14.3. The standard InChI is InChI=1S/C13H16Cl2N4S/c1-7(2)10-6-16-3-4-19(10)13-9(15)5-8(14)11-12(13)18-20-17-11/h5,7,10,16H,3-4,6H2,1-2H3. The number of benzene rings is 1. The van der Waals surface area contributed by atoms with Gasteiger partial charge in [-0.25, -0.2) is 0 Å². The van der Waals surface area contributed by atoms with Crippen molar-refractivity contribution in [3.63, 3.8) is 0 Å². The molecule has 7 heteroatoms. The molecule has 1 aliphatic rings. The number of hydrogen-bond acceptors (Lipinski definition) is 5. The third-order valence-electron chi connectivity index (χ3n) is 3.76. The van der Waals surface area contributed by atoms with Gasteiger partial charge in [0.15, 0.2) is 0 Å². The van der Waals surface area contributed by atoms with Gasteiger partial charge in [-0.3, -0.25) is 0 Å². The number of nitrogens with zero attached hydrogens (tertiary/aromatic N) is 3.